The van der Waals surface area contributed by atoms with Gasteiger partial charge in [-0.25, -0.2) is 4.39 Å². The fourth-order valence-corrected chi connectivity index (χ4v) is 3.23. The maximum absolute atomic E-state index is 14.3. The van der Waals surface area contributed by atoms with E-state index in [1.807, 2.05) is 30.3 Å². The van der Waals surface area contributed by atoms with Crippen LogP contribution in [0, 0.1) is 5.82 Å². The maximum Gasteiger partial charge on any atom is 0.250 e. The smallest absolute Gasteiger partial charge is 0.250 e. The summed E-state index contributed by atoms with van der Waals surface area (Å²) in [7, 11) is 0. The molecule has 4 nitrogen and oxygen atoms in total. The van der Waals surface area contributed by atoms with Crippen molar-refractivity contribution < 1.29 is 9.18 Å². The summed E-state index contributed by atoms with van der Waals surface area (Å²) in [6.07, 6.45) is 2.54. The molecule has 0 radical (unpaired) electrons. The average Bonchev–Trinajstić information content (AvgIpc) is 2.72. The number of halogens is 1. The second kappa shape index (κ2) is 9.65. The van der Waals surface area contributed by atoms with Crippen LogP contribution < -0.4 is 10.9 Å². The summed E-state index contributed by atoms with van der Waals surface area (Å²) < 4.78 is 16.0. The first-order valence-electron chi connectivity index (χ1n) is 9.36. The Morgan fingerprint density at radius 3 is 2.43 bits per heavy atom. The number of amides is 1. The van der Waals surface area contributed by atoms with Gasteiger partial charge in [0.05, 0.1) is 0 Å². The van der Waals surface area contributed by atoms with E-state index in [1.165, 1.54) is 12.1 Å². The summed E-state index contributed by atoms with van der Waals surface area (Å²) in [5, 5.41) is 2.89. The van der Waals surface area contributed by atoms with E-state index in [9.17, 15) is 14.0 Å². The van der Waals surface area contributed by atoms with Gasteiger partial charge in [0, 0.05) is 37.7 Å². The van der Waals surface area contributed by atoms with Crippen LogP contribution in [0.1, 0.15) is 29.9 Å². The topological polar surface area (TPSA) is 51.1 Å². The van der Waals surface area contributed by atoms with Gasteiger partial charge in [0.25, 0.3) is 0 Å². The molecule has 3 rings (SSSR count). The Morgan fingerprint density at radius 2 is 1.68 bits per heavy atom. The highest BCUT2D eigenvalue weighted by atomic mass is 19.1. The van der Waals surface area contributed by atoms with Gasteiger partial charge in [-0.2, -0.15) is 0 Å². The highest BCUT2D eigenvalue weighted by Crippen LogP contribution is 2.29. The molecule has 1 N–H and O–H groups in total. The lowest BCUT2D eigenvalue weighted by Crippen LogP contribution is -2.28. The summed E-state index contributed by atoms with van der Waals surface area (Å²) in [5.74, 6) is -0.802. The highest BCUT2D eigenvalue weighted by Gasteiger charge is 2.20. The molecule has 0 bridgehead atoms. The van der Waals surface area contributed by atoms with E-state index in [0.717, 1.165) is 5.56 Å². The first kappa shape index (κ1) is 19.5. The third kappa shape index (κ3) is 5.16. The zero-order valence-corrected chi connectivity index (χ0v) is 15.6. The van der Waals surface area contributed by atoms with Crippen LogP contribution in [0.4, 0.5) is 4.39 Å². The average molecular weight is 378 g/mol. The third-order valence-electron chi connectivity index (χ3n) is 4.67. The molecule has 0 saturated carbocycles. The fourth-order valence-electron chi connectivity index (χ4n) is 3.23. The van der Waals surface area contributed by atoms with Crippen molar-refractivity contribution in [2.75, 3.05) is 6.54 Å². The van der Waals surface area contributed by atoms with Crippen molar-refractivity contribution in [3.05, 3.63) is 106 Å². The summed E-state index contributed by atoms with van der Waals surface area (Å²) >= 11 is 0. The van der Waals surface area contributed by atoms with Gasteiger partial charge in [-0.3, -0.25) is 9.59 Å². The first-order chi connectivity index (χ1) is 13.6. The highest BCUT2D eigenvalue weighted by molar-refractivity contribution is 5.77. The molecule has 1 aromatic heterocycles. The zero-order valence-electron chi connectivity index (χ0n) is 15.6. The molecule has 1 atom stereocenters. The van der Waals surface area contributed by atoms with Crippen LogP contribution in [0.25, 0.3) is 0 Å². The molecule has 0 saturated heterocycles. The van der Waals surface area contributed by atoms with Gasteiger partial charge in [-0.1, -0.05) is 54.6 Å². The number of pyridine rings is 1. The Bertz CT molecular complexity index is 969. The van der Waals surface area contributed by atoms with Gasteiger partial charge in [-0.15, -0.1) is 0 Å². The number of carbonyl (C=O) groups excluding carboxylic acids is 1. The van der Waals surface area contributed by atoms with Gasteiger partial charge < -0.3 is 9.88 Å². The Balaban J connectivity index is 1.61. The minimum atomic E-state index is -0.348. The van der Waals surface area contributed by atoms with Crippen LogP contribution in [-0.2, 0) is 11.3 Å². The molecule has 0 aliphatic carbocycles. The van der Waals surface area contributed by atoms with Crippen LogP contribution in [-0.4, -0.2) is 17.0 Å². The van der Waals surface area contributed by atoms with Crippen LogP contribution >= 0.6 is 0 Å². The number of carbonyl (C=O) groups is 1. The van der Waals surface area contributed by atoms with E-state index in [1.54, 1.807) is 41.1 Å². The van der Waals surface area contributed by atoms with Crippen molar-refractivity contribution in [2.24, 2.45) is 0 Å². The quantitative estimate of drug-likeness (QED) is 0.608. The molecule has 0 aliphatic heterocycles. The number of benzene rings is 2. The molecule has 5 heteroatoms. The number of hydrogen-bond acceptors (Lipinski definition) is 2. The number of aryl methyl sites for hydroxylation is 1. The summed E-state index contributed by atoms with van der Waals surface area (Å²) in [6, 6.07) is 21.1. The van der Waals surface area contributed by atoms with Crippen molar-refractivity contribution in [3.8, 4) is 0 Å². The van der Waals surface area contributed by atoms with Crippen molar-refractivity contribution >= 4 is 5.91 Å². The second-order valence-electron chi connectivity index (χ2n) is 6.62. The lowest BCUT2D eigenvalue weighted by Gasteiger charge is -2.18. The largest absolute Gasteiger partial charge is 0.356 e. The predicted octanol–water partition coefficient (Wildman–Crippen LogP) is 3.72. The van der Waals surface area contributed by atoms with Crippen LogP contribution in [0.15, 0.2) is 83.8 Å². The Kier molecular flexibility index (Phi) is 6.73. The number of nitrogens with zero attached hydrogens (tertiary/aromatic N) is 1. The molecule has 144 valence electrons. The lowest BCUT2D eigenvalue weighted by atomic mass is 9.88. The van der Waals surface area contributed by atoms with E-state index in [-0.39, 0.29) is 29.6 Å². The molecule has 1 heterocycles. The van der Waals surface area contributed by atoms with E-state index in [0.29, 0.717) is 25.1 Å². The predicted molar refractivity (Wildman–Crippen MR) is 108 cm³/mol. The molecule has 28 heavy (non-hydrogen) atoms. The standard InChI is InChI=1S/C23H23FN2O2/c24-21-12-5-4-11-19(21)20(18-9-2-1-3-10-18)17-22(27)25-14-8-16-26-15-7-6-13-23(26)28/h1-7,9-13,15,20H,8,14,16-17H2,(H,25,27). The second-order valence-corrected chi connectivity index (χ2v) is 6.62. The van der Waals surface area contributed by atoms with Gasteiger partial charge in [0.15, 0.2) is 0 Å². The molecular weight excluding hydrogens is 355 g/mol. The molecule has 1 unspecified atom stereocenters. The molecular formula is C23H23FN2O2. The summed E-state index contributed by atoms with van der Waals surface area (Å²) in [5.41, 5.74) is 1.36. The SMILES string of the molecule is O=C(CC(c1ccccc1)c1ccccc1F)NCCCn1ccccc1=O. The summed E-state index contributed by atoms with van der Waals surface area (Å²) in [4.78, 5) is 24.2. The number of aromatic nitrogens is 1. The maximum atomic E-state index is 14.3. The Hall–Kier alpha value is -3.21. The van der Waals surface area contributed by atoms with E-state index in [2.05, 4.69) is 5.32 Å². The fraction of sp³-hybridized carbons (Fsp3) is 0.217. The van der Waals surface area contributed by atoms with Gasteiger partial charge in [0.2, 0.25) is 11.5 Å². The molecule has 2 aromatic carbocycles. The van der Waals surface area contributed by atoms with Gasteiger partial charge in [-0.05, 0) is 29.7 Å². The summed E-state index contributed by atoms with van der Waals surface area (Å²) in [6.45, 7) is 0.994. The minimum Gasteiger partial charge on any atom is -0.356 e. The van der Waals surface area contributed by atoms with Gasteiger partial charge in [0.1, 0.15) is 5.82 Å². The number of nitrogens with one attached hydrogen (secondary N) is 1. The number of hydrogen-bond donors (Lipinski definition) is 1. The normalized spacial score (nSPS) is 11.8. The van der Waals surface area contributed by atoms with Gasteiger partial charge >= 0.3 is 0 Å². The molecule has 0 fully saturated rings. The van der Waals surface area contributed by atoms with Crippen LogP contribution in [0.3, 0.4) is 0 Å². The Labute approximate surface area is 163 Å². The first-order valence-corrected chi connectivity index (χ1v) is 9.36. The number of rotatable bonds is 8. The van der Waals surface area contributed by atoms with Crippen molar-refractivity contribution in [3.63, 3.8) is 0 Å². The Morgan fingerprint density at radius 1 is 0.964 bits per heavy atom. The van der Waals surface area contributed by atoms with E-state index < -0.39 is 0 Å². The molecule has 3 aromatic rings. The van der Waals surface area contributed by atoms with Crippen LogP contribution in [0.5, 0.6) is 0 Å². The van der Waals surface area contributed by atoms with Crippen LogP contribution in [0.2, 0.25) is 0 Å². The van der Waals surface area contributed by atoms with E-state index >= 15 is 0 Å². The van der Waals surface area contributed by atoms with Crippen molar-refractivity contribution in [2.45, 2.75) is 25.3 Å². The zero-order chi connectivity index (χ0) is 19.8. The third-order valence-corrected chi connectivity index (χ3v) is 4.67. The molecule has 1 amide bonds. The minimum absolute atomic E-state index is 0.0579. The monoisotopic (exact) mass is 378 g/mol. The molecule has 0 aliphatic rings. The van der Waals surface area contributed by atoms with Crippen molar-refractivity contribution in [1.82, 2.24) is 9.88 Å². The van der Waals surface area contributed by atoms with E-state index in [4.69, 9.17) is 0 Å². The van der Waals surface area contributed by atoms with Crippen molar-refractivity contribution in [1.29, 1.82) is 0 Å². The molecule has 0 spiro atoms. The lowest BCUT2D eigenvalue weighted by molar-refractivity contribution is -0.121.